The van der Waals surface area contributed by atoms with E-state index in [9.17, 15) is 4.39 Å². The maximum atomic E-state index is 13.6. The quantitative estimate of drug-likeness (QED) is 0.877. The highest BCUT2D eigenvalue weighted by Gasteiger charge is 2.14. The van der Waals surface area contributed by atoms with E-state index in [1.807, 2.05) is 32.2 Å². The minimum Gasteiger partial charge on any atom is -0.469 e. The molecule has 0 saturated heterocycles. The third-order valence-corrected chi connectivity index (χ3v) is 2.88. The van der Waals surface area contributed by atoms with Gasteiger partial charge in [0.1, 0.15) is 11.6 Å². The molecule has 0 saturated carbocycles. The van der Waals surface area contributed by atoms with Crippen LogP contribution in [0, 0.1) is 12.7 Å². The lowest BCUT2D eigenvalue weighted by Crippen LogP contribution is -2.18. The molecule has 1 aromatic heterocycles. The Morgan fingerprint density at radius 1 is 1.35 bits per heavy atom. The number of rotatable bonds is 4. The van der Waals surface area contributed by atoms with Crippen molar-refractivity contribution in [2.24, 2.45) is 0 Å². The first-order valence-corrected chi connectivity index (χ1v) is 5.66. The van der Waals surface area contributed by atoms with Crippen LogP contribution >= 0.6 is 0 Å². The maximum Gasteiger partial charge on any atom is 0.126 e. The van der Waals surface area contributed by atoms with Gasteiger partial charge < -0.3 is 9.73 Å². The van der Waals surface area contributed by atoms with Gasteiger partial charge in [0.05, 0.1) is 6.26 Å². The topological polar surface area (TPSA) is 25.2 Å². The third-order valence-electron chi connectivity index (χ3n) is 2.88. The molecule has 0 aliphatic heterocycles. The molecule has 0 aliphatic carbocycles. The summed E-state index contributed by atoms with van der Waals surface area (Å²) in [7, 11) is 1.87. The summed E-state index contributed by atoms with van der Waals surface area (Å²) in [5, 5.41) is 3.18. The Labute approximate surface area is 100 Å². The van der Waals surface area contributed by atoms with Crippen LogP contribution in [-0.2, 0) is 6.42 Å². The van der Waals surface area contributed by atoms with Gasteiger partial charge in [-0.15, -0.1) is 0 Å². The number of nitrogens with one attached hydrogen (secondary N) is 1. The van der Waals surface area contributed by atoms with E-state index < -0.39 is 0 Å². The SMILES string of the molecule is CNC(Cc1ccccc1F)c1coc(C)c1. The van der Waals surface area contributed by atoms with Gasteiger partial charge in [-0.3, -0.25) is 0 Å². The molecular weight excluding hydrogens is 217 g/mol. The molecule has 1 N–H and O–H groups in total. The highest BCUT2D eigenvalue weighted by atomic mass is 19.1. The molecule has 0 radical (unpaired) electrons. The first-order chi connectivity index (χ1) is 8.20. The fraction of sp³-hybridized carbons (Fsp3) is 0.286. The number of benzene rings is 1. The largest absolute Gasteiger partial charge is 0.469 e. The van der Waals surface area contributed by atoms with Crippen LogP contribution < -0.4 is 5.32 Å². The van der Waals surface area contributed by atoms with Gasteiger partial charge in [-0.2, -0.15) is 0 Å². The van der Waals surface area contributed by atoms with E-state index in [4.69, 9.17) is 4.42 Å². The summed E-state index contributed by atoms with van der Waals surface area (Å²) in [6.07, 6.45) is 2.33. The van der Waals surface area contributed by atoms with Crippen LogP contribution in [0.4, 0.5) is 4.39 Å². The van der Waals surface area contributed by atoms with Crippen LogP contribution in [0.15, 0.2) is 41.0 Å². The van der Waals surface area contributed by atoms with Crippen molar-refractivity contribution in [1.82, 2.24) is 5.32 Å². The van der Waals surface area contributed by atoms with E-state index in [1.54, 1.807) is 12.3 Å². The Kier molecular flexibility index (Phi) is 3.59. The molecule has 0 spiro atoms. The third kappa shape index (κ3) is 2.74. The lowest BCUT2D eigenvalue weighted by atomic mass is 10.0. The lowest BCUT2D eigenvalue weighted by Gasteiger charge is -2.14. The fourth-order valence-corrected chi connectivity index (χ4v) is 1.92. The lowest BCUT2D eigenvalue weighted by molar-refractivity contribution is 0.516. The van der Waals surface area contributed by atoms with Gasteiger partial charge in [-0.1, -0.05) is 18.2 Å². The Hall–Kier alpha value is -1.61. The van der Waals surface area contributed by atoms with Crippen molar-refractivity contribution in [3.63, 3.8) is 0 Å². The second-order valence-electron chi connectivity index (χ2n) is 4.13. The van der Waals surface area contributed by atoms with Crippen molar-refractivity contribution in [2.45, 2.75) is 19.4 Å². The van der Waals surface area contributed by atoms with Crippen LogP contribution in [0.3, 0.4) is 0 Å². The standard InChI is InChI=1S/C14H16FNO/c1-10-7-12(9-17-10)14(16-2)8-11-5-3-4-6-13(11)15/h3-7,9,14,16H,8H2,1-2H3. The van der Waals surface area contributed by atoms with Crippen molar-refractivity contribution >= 4 is 0 Å². The van der Waals surface area contributed by atoms with Crippen molar-refractivity contribution < 1.29 is 8.81 Å². The summed E-state index contributed by atoms with van der Waals surface area (Å²) in [6.45, 7) is 1.90. The van der Waals surface area contributed by atoms with Crippen molar-refractivity contribution in [1.29, 1.82) is 0 Å². The minimum absolute atomic E-state index is 0.0735. The predicted molar refractivity (Wildman–Crippen MR) is 65.3 cm³/mol. The Bertz CT molecular complexity index is 492. The molecule has 0 bridgehead atoms. The first kappa shape index (κ1) is 11.9. The van der Waals surface area contributed by atoms with E-state index in [1.165, 1.54) is 6.07 Å². The van der Waals surface area contributed by atoms with E-state index in [2.05, 4.69) is 5.32 Å². The normalized spacial score (nSPS) is 12.6. The summed E-state index contributed by atoms with van der Waals surface area (Å²) in [5.74, 6) is 0.710. The average molecular weight is 233 g/mol. The van der Waals surface area contributed by atoms with Crippen molar-refractivity contribution in [2.75, 3.05) is 7.05 Å². The summed E-state index contributed by atoms with van der Waals surface area (Å²) < 4.78 is 18.8. The summed E-state index contributed by atoms with van der Waals surface area (Å²) in [4.78, 5) is 0. The number of furan rings is 1. The van der Waals surface area contributed by atoms with Gasteiger partial charge in [0.15, 0.2) is 0 Å². The van der Waals surface area contributed by atoms with Gasteiger partial charge in [0.2, 0.25) is 0 Å². The molecular formula is C14H16FNO. The van der Waals surface area contributed by atoms with E-state index in [0.717, 1.165) is 11.3 Å². The molecule has 2 rings (SSSR count). The molecule has 1 unspecified atom stereocenters. The van der Waals surface area contributed by atoms with E-state index in [-0.39, 0.29) is 11.9 Å². The molecule has 0 aliphatic rings. The molecule has 2 nitrogen and oxygen atoms in total. The number of hydrogen-bond acceptors (Lipinski definition) is 2. The molecule has 1 atom stereocenters. The molecule has 0 fully saturated rings. The number of halogens is 1. The minimum atomic E-state index is -0.159. The highest BCUT2D eigenvalue weighted by Crippen LogP contribution is 2.21. The monoisotopic (exact) mass is 233 g/mol. The van der Waals surface area contributed by atoms with E-state index in [0.29, 0.717) is 12.0 Å². The van der Waals surface area contributed by atoms with Crippen LogP contribution in [0.5, 0.6) is 0 Å². The predicted octanol–water partition coefficient (Wildman–Crippen LogP) is 3.23. The molecule has 2 aromatic rings. The van der Waals surface area contributed by atoms with Crippen LogP contribution in [0.25, 0.3) is 0 Å². The average Bonchev–Trinajstić information content (AvgIpc) is 2.75. The Balaban J connectivity index is 2.18. The summed E-state index contributed by atoms with van der Waals surface area (Å²) in [5.41, 5.74) is 1.76. The molecule has 3 heteroatoms. The maximum absolute atomic E-state index is 13.6. The molecule has 1 heterocycles. The summed E-state index contributed by atoms with van der Waals surface area (Å²) >= 11 is 0. The fourth-order valence-electron chi connectivity index (χ4n) is 1.92. The Morgan fingerprint density at radius 3 is 2.71 bits per heavy atom. The van der Waals surface area contributed by atoms with Crippen LogP contribution in [0.2, 0.25) is 0 Å². The number of hydrogen-bond donors (Lipinski definition) is 1. The van der Waals surface area contributed by atoms with Crippen LogP contribution in [-0.4, -0.2) is 7.05 Å². The Morgan fingerprint density at radius 2 is 2.12 bits per heavy atom. The molecule has 17 heavy (non-hydrogen) atoms. The van der Waals surface area contributed by atoms with Gasteiger partial charge in [0.25, 0.3) is 0 Å². The molecule has 0 amide bonds. The van der Waals surface area contributed by atoms with Gasteiger partial charge in [0, 0.05) is 11.6 Å². The van der Waals surface area contributed by atoms with Gasteiger partial charge in [-0.05, 0) is 38.1 Å². The zero-order valence-electron chi connectivity index (χ0n) is 10.0. The van der Waals surface area contributed by atoms with Gasteiger partial charge in [-0.25, -0.2) is 4.39 Å². The molecule has 1 aromatic carbocycles. The zero-order chi connectivity index (χ0) is 12.3. The second kappa shape index (κ2) is 5.15. The van der Waals surface area contributed by atoms with E-state index >= 15 is 0 Å². The smallest absolute Gasteiger partial charge is 0.126 e. The number of likely N-dealkylation sites (N-methyl/N-ethyl adjacent to an activating group) is 1. The number of aryl methyl sites for hydroxylation is 1. The van der Waals surface area contributed by atoms with Crippen molar-refractivity contribution in [3.05, 3.63) is 59.3 Å². The zero-order valence-corrected chi connectivity index (χ0v) is 10.0. The van der Waals surface area contributed by atoms with Crippen molar-refractivity contribution in [3.8, 4) is 0 Å². The second-order valence-corrected chi connectivity index (χ2v) is 4.13. The molecule has 90 valence electrons. The van der Waals surface area contributed by atoms with Gasteiger partial charge >= 0.3 is 0 Å². The highest BCUT2D eigenvalue weighted by molar-refractivity contribution is 5.23. The van der Waals surface area contributed by atoms with Crippen LogP contribution in [0.1, 0.15) is 22.9 Å². The summed E-state index contributed by atoms with van der Waals surface area (Å²) in [6, 6.07) is 8.91. The first-order valence-electron chi connectivity index (χ1n) is 5.66.